The maximum atomic E-state index is 13.8. The monoisotopic (exact) mass is 432 g/mol. The number of rotatable bonds is 6. The molecule has 0 radical (unpaired) electrons. The number of hydrogen-bond acceptors (Lipinski definition) is 4. The van der Waals surface area contributed by atoms with Crippen molar-refractivity contribution < 1.29 is 26.7 Å². The van der Waals surface area contributed by atoms with Crippen LogP contribution in [0.3, 0.4) is 0 Å². The van der Waals surface area contributed by atoms with E-state index in [4.69, 9.17) is 4.74 Å². The number of sulfonamides is 1. The summed E-state index contributed by atoms with van der Waals surface area (Å²) in [5.74, 6) is -2.09. The van der Waals surface area contributed by atoms with Gasteiger partial charge < -0.3 is 10.1 Å². The molecule has 0 fully saturated rings. The van der Waals surface area contributed by atoms with Gasteiger partial charge in [-0.1, -0.05) is 18.2 Å². The Labute approximate surface area is 172 Å². The molecule has 0 aliphatic heterocycles. The molecule has 156 valence electrons. The van der Waals surface area contributed by atoms with Crippen LogP contribution in [0.4, 0.5) is 20.2 Å². The van der Waals surface area contributed by atoms with E-state index in [1.807, 2.05) is 0 Å². The summed E-state index contributed by atoms with van der Waals surface area (Å²) in [5, 5.41) is 2.63. The lowest BCUT2D eigenvalue weighted by atomic mass is 10.1. The molecule has 0 saturated carbocycles. The van der Waals surface area contributed by atoms with Crippen molar-refractivity contribution in [3.8, 4) is 5.75 Å². The molecular weight excluding hydrogens is 414 g/mol. The van der Waals surface area contributed by atoms with Gasteiger partial charge in [-0.2, -0.15) is 0 Å². The highest BCUT2D eigenvalue weighted by atomic mass is 32.2. The Morgan fingerprint density at radius 2 is 1.70 bits per heavy atom. The third-order valence-corrected chi connectivity index (χ3v) is 5.66. The number of methoxy groups -OCH3 is 1. The molecule has 0 spiro atoms. The fourth-order valence-electron chi connectivity index (χ4n) is 2.75. The van der Waals surface area contributed by atoms with Crippen molar-refractivity contribution in [2.45, 2.75) is 11.8 Å². The Morgan fingerprint density at radius 1 is 0.967 bits per heavy atom. The van der Waals surface area contributed by atoms with Gasteiger partial charge in [0.25, 0.3) is 15.9 Å². The molecule has 0 heterocycles. The Kier molecular flexibility index (Phi) is 6.02. The van der Waals surface area contributed by atoms with Gasteiger partial charge in [-0.3, -0.25) is 9.52 Å². The van der Waals surface area contributed by atoms with Crippen LogP contribution in [0, 0.1) is 18.6 Å². The molecule has 0 atom stereocenters. The zero-order valence-electron chi connectivity index (χ0n) is 16.1. The van der Waals surface area contributed by atoms with Crippen LogP contribution in [-0.4, -0.2) is 21.4 Å². The Hall–Kier alpha value is -3.46. The molecule has 6 nitrogen and oxygen atoms in total. The Morgan fingerprint density at radius 3 is 2.37 bits per heavy atom. The van der Waals surface area contributed by atoms with Crippen molar-refractivity contribution in [2.24, 2.45) is 0 Å². The number of aryl methyl sites for hydroxylation is 1. The fourth-order valence-corrected chi connectivity index (χ4v) is 3.84. The SMILES string of the molecule is COc1ccc(S(=O)(=O)Nc2ccc(F)cc2F)cc1NC(=O)c1ccccc1C. The highest BCUT2D eigenvalue weighted by Crippen LogP contribution is 2.29. The van der Waals surface area contributed by atoms with Crippen LogP contribution in [-0.2, 0) is 10.0 Å². The van der Waals surface area contributed by atoms with Crippen molar-refractivity contribution in [1.29, 1.82) is 0 Å². The van der Waals surface area contributed by atoms with E-state index in [1.54, 1.807) is 31.2 Å². The van der Waals surface area contributed by atoms with Crippen LogP contribution in [0.15, 0.2) is 65.6 Å². The first-order valence-electron chi connectivity index (χ1n) is 8.74. The second kappa shape index (κ2) is 8.50. The van der Waals surface area contributed by atoms with E-state index < -0.39 is 33.3 Å². The maximum Gasteiger partial charge on any atom is 0.262 e. The lowest BCUT2D eigenvalue weighted by molar-refractivity contribution is 0.102. The first kappa shape index (κ1) is 21.3. The maximum absolute atomic E-state index is 13.8. The molecule has 0 unspecified atom stereocenters. The molecule has 3 aromatic carbocycles. The molecule has 2 N–H and O–H groups in total. The highest BCUT2D eigenvalue weighted by Gasteiger charge is 2.20. The highest BCUT2D eigenvalue weighted by molar-refractivity contribution is 7.92. The van der Waals surface area contributed by atoms with Gasteiger partial charge in [-0.25, -0.2) is 17.2 Å². The number of halogens is 2. The number of carbonyl (C=O) groups excluding carboxylic acids is 1. The predicted octanol–water partition coefficient (Wildman–Crippen LogP) is 4.33. The molecule has 0 aliphatic rings. The van der Waals surface area contributed by atoms with Gasteiger partial charge >= 0.3 is 0 Å². The minimum absolute atomic E-state index is 0.119. The third kappa shape index (κ3) is 4.57. The average molecular weight is 432 g/mol. The Bertz CT molecular complexity index is 1210. The molecule has 30 heavy (non-hydrogen) atoms. The summed E-state index contributed by atoms with van der Waals surface area (Å²) in [4.78, 5) is 12.4. The van der Waals surface area contributed by atoms with Crippen LogP contribution in [0.25, 0.3) is 0 Å². The molecule has 1 amide bonds. The quantitative estimate of drug-likeness (QED) is 0.607. The van der Waals surface area contributed by atoms with Crippen LogP contribution >= 0.6 is 0 Å². The van der Waals surface area contributed by atoms with Crippen molar-refractivity contribution in [2.75, 3.05) is 17.1 Å². The smallest absolute Gasteiger partial charge is 0.262 e. The molecule has 9 heteroatoms. The normalized spacial score (nSPS) is 11.1. The summed E-state index contributed by atoms with van der Waals surface area (Å²) in [5.41, 5.74) is 0.872. The van der Waals surface area contributed by atoms with Crippen LogP contribution in [0.2, 0.25) is 0 Å². The first-order chi connectivity index (χ1) is 14.2. The van der Waals surface area contributed by atoms with Gasteiger partial charge in [0.15, 0.2) is 0 Å². The van der Waals surface area contributed by atoms with Crippen molar-refractivity contribution in [3.05, 3.63) is 83.4 Å². The van der Waals surface area contributed by atoms with Crippen LogP contribution < -0.4 is 14.8 Å². The molecule has 0 bridgehead atoms. The largest absolute Gasteiger partial charge is 0.495 e. The van der Waals surface area contributed by atoms with Crippen molar-refractivity contribution in [1.82, 2.24) is 0 Å². The fraction of sp³-hybridized carbons (Fsp3) is 0.0952. The second-order valence-electron chi connectivity index (χ2n) is 6.36. The zero-order chi connectivity index (χ0) is 21.9. The second-order valence-corrected chi connectivity index (χ2v) is 8.04. The van der Waals surface area contributed by atoms with E-state index >= 15 is 0 Å². The summed E-state index contributed by atoms with van der Waals surface area (Å²) in [6.45, 7) is 1.77. The summed E-state index contributed by atoms with van der Waals surface area (Å²) >= 11 is 0. The summed E-state index contributed by atoms with van der Waals surface area (Å²) < 4.78 is 59.5. The number of benzene rings is 3. The molecular formula is C21H18F2N2O4S. The molecule has 3 aromatic rings. The van der Waals surface area contributed by atoms with Gasteiger partial charge in [0.2, 0.25) is 0 Å². The summed E-state index contributed by atoms with van der Waals surface area (Å²) in [6.07, 6.45) is 0. The Balaban J connectivity index is 1.93. The first-order valence-corrected chi connectivity index (χ1v) is 10.2. The van der Waals surface area contributed by atoms with E-state index in [1.165, 1.54) is 25.3 Å². The lowest BCUT2D eigenvalue weighted by Crippen LogP contribution is -2.17. The average Bonchev–Trinajstić information content (AvgIpc) is 2.70. The zero-order valence-corrected chi connectivity index (χ0v) is 16.9. The van der Waals surface area contributed by atoms with E-state index in [-0.39, 0.29) is 16.3 Å². The van der Waals surface area contributed by atoms with E-state index in [0.717, 1.165) is 17.7 Å². The number of carbonyl (C=O) groups is 1. The standard InChI is InChI=1S/C21H18F2N2O4S/c1-13-5-3-4-6-16(13)21(26)24-19-12-15(8-10-20(19)29-2)30(27,28)25-18-9-7-14(22)11-17(18)23/h3-12,25H,1-2H3,(H,24,26). The van der Waals surface area contributed by atoms with Crippen LogP contribution in [0.1, 0.15) is 15.9 Å². The number of nitrogens with one attached hydrogen (secondary N) is 2. The van der Waals surface area contributed by atoms with Crippen molar-refractivity contribution >= 4 is 27.3 Å². The predicted molar refractivity (Wildman–Crippen MR) is 109 cm³/mol. The van der Waals surface area contributed by atoms with Gasteiger partial charge in [0.05, 0.1) is 23.4 Å². The molecule has 0 saturated heterocycles. The molecule has 0 aliphatic carbocycles. The van der Waals surface area contributed by atoms with E-state index in [2.05, 4.69) is 10.0 Å². The van der Waals surface area contributed by atoms with Crippen LogP contribution in [0.5, 0.6) is 5.75 Å². The topological polar surface area (TPSA) is 84.5 Å². The summed E-state index contributed by atoms with van der Waals surface area (Å²) in [6, 6.07) is 13.2. The van der Waals surface area contributed by atoms with Gasteiger partial charge in [-0.15, -0.1) is 0 Å². The van der Waals surface area contributed by atoms with Gasteiger partial charge in [0.1, 0.15) is 17.4 Å². The minimum Gasteiger partial charge on any atom is -0.495 e. The lowest BCUT2D eigenvalue weighted by Gasteiger charge is -2.14. The minimum atomic E-state index is -4.22. The molecule has 0 aromatic heterocycles. The number of amides is 1. The number of anilines is 2. The number of ether oxygens (including phenoxy) is 1. The number of hydrogen-bond donors (Lipinski definition) is 2. The van der Waals surface area contributed by atoms with Crippen molar-refractivity contribution in [3.63, 3.8) is 0 Å². The molecule has 3 rings (SSSR count). The summed E-state index contributed by atoms with van der Waals surface area (Å²) in [7, 11) is -2.85. The van der Waals surface area contributed by atoms with Gasteiger partial charge in [0, 0.05) is 11.6 Å². The van der Waals surface area contributed by atoms with E-state index in [0.29, 0.717) is 11.6 Å². The van der Waals surface area contributed by atoms with Gasteiger partial charge in [-0.05, 0) is 48.9 Å². The van der Waals surface area contributed by atoms with E-state index in [9.17, 15) is 22.0 Å². The third-order valence-electron chi connectivity index (χ3n) is 4.29.